The molecule has 0 aromatic carbocycles. The lowest BCUT2D eigenvalue weighted by molar-refractivity contribution is -0.148. The number of nitrogens with zero attached hydrogens (tertiary/aromatic N) is 2. The van der Waals surface area contributed by atoms with Gasteiger partial charge in [0.1, 0.15) is 0 Å². The van der Waals surface area contributed by atoms with Crippen LogP contribution in [-0.4, -0.2) is 34.3 Å². The third-order valence-electron chi connectivity index (χ3n) is 4.43. The van der Waals surface area contributed by atoms with Crippen LogP contribution in [0, 0.1) is 19.8 Å². The summed E-state index contributed by atoms with van der Waals surface area (Å²) in [6, 6.07) is 0.102. The Kier molecular flexibility index (Phi) is 8.66. The Labute approximate surface area is 151 Å². The summed E-state index contributed by atoms with van der Waals surface area (Å²) in [5.74, 6) is 0.0837. The molecule has 1 aromatic heterocycles. The van der Waals surface area contributed by atoms with Gasteiger partial charge in [0.25, 0.3) is 5.91 Å². The van der Waals surface area contributed by atoms with Crippen LogP contribution in [0.3, 0.4) is 0 Å². The van der Waals surface area contributed by atoms with E-state index in [0.29, 0.717) is 12.3 Å². The van der Waals surface area contributed by atoms with Gasteiger partial charge in [-0.1, -0.05) is 26.7 Å². The first-order valence-electron chi connectivity index (χ1n) is 9.14. The van der Waals surface area contributed by atoms with Gasteiger partial charge in [0, 0.05) is 25.2 Å². The topological polar surface area (TPSA) is 73.2 Å². The van der Waals surface area contributed by atoms with E-state index in [0.717, 1.165) is 36.2 Å². The Morgan fingerprint density at radius 3 is 2.44 bits per heavy atom. The van der Waals surface area contributed by atoms with Crippen LogP contribution in [0.2, 0.25) is 0 Å². The SMILES string of the molecule is Cc1nn(C)c(C)c1CCC(=O)OCC(=O)NC(C)CCCC(C)C. The Bertz CT molecular complexity index is 579. The van der Waals surface area contributed by atoms with Crippen LogP contribution < -0.4 is 5.32 Å². The summed E-state index contributed by atoms with van der Waals surface area (Å²) in [6.45, 7) is 10.1. The van der Waals surface area contributed by atoms with E-state index in [2.05, 4.69) is 24.3 Å². The van der Waals surface area contributed by atoms with Crippen molar-refractivity contribution in [3.63, 3.8) is 0 Å². The predicted molar refractivity (Wildman–Crippen MR) is 98.3 cm³/mol. The van der Waals surface area contributed by atoms with Crippen LogP contribution in [0.5, 0.6) is 0 Å². The summed E-state index contributed by atoms with van der Waals surface area (Å²) in [5, 5.41) is 7.21. The smallest absolute Gasteiger partial charge is 0.306 e. The number of aryl methyl sites for hydroxylation is 2. The highest BCUT2D eigenvalue weighted by Gasteiger charge is 2.14. The highest BCUT2D eigenvalue weighted by Crippen LogP contribution is 2.14. The van der Waals surface area contributed by atoms with Crippen molar-refractivity contribution in [2.24, 2.45) is 13.0 Å². The van der Waals surface area contributed by atoms with Crippen LogP contribution in [0.15, 0.2) is 0 Å². The average molecular weight is 351 g/mol. The lowest BCUT2D eigenvalue weighted by atomic mass is 10.0. The summed E-state index contributed by atoms with van der Waals surface area (Å²) in [4.78, 5) is 23.7. The highest BCUT2D eigenvalue weighted by atomic mass is 16.5. The van der Waals surface area contributed by atoms with Crippen LogP contribution in [-0.2, 0) is 27.8 Å². The number of hydrogen-bond donors (Lipinski definition) is 1. The van der Waals surface area contributed by atoms with Gasteiger partial charge in [-0.2, -0.15) is 5.10 Å². The summed E-state index contributed by atoms with van der Waals surface area (Å²) in [7, 11) is 1.89. The molecule has 1 heterocycles. The molecular weight excluding hydrogens is 318 g/mol. The van der Waals surface area contributed by atoms with E-state index < -0.39 is 0 Å². The molecule has 0 radical (unpaired) electrons. The fraction of sp³-hybridized carbons (Fsp3) is 0.737. The van der Waals surface area contributed by atoms with Crippen LogP contribution >= 0.6 is 0 Å². The first kappa shape index (κ1) is 21.2. The summed E-state index contributed by atoms with van der Waals surface area (Å²) < 4.78 is 6.89. The predicted octanol–water partition coefficient (Wildman–Crippen LogP) is 2.84. The van der Waals surface area contributed by atoms with Crippen molar-refractivity contribution >= 4 is 11.9 Å². The normalized spacial score (nSPS) is 12.3. The van der Waals surface area contributed by atoms with E-state index in [1.54, 1.807) is 0 Å². The molecule has 6 heteroatoms. The molecule has 25 heavy (non-hydrogen) atoms. The van der Waals surface area contributed by atoms with E-state index in [4.69, 9.17) is 4.74 Å². The van der Waals surface area contributed by atoms with E-state index in [1.807, 2.05) is 32.5 Å². The second-order valence-corrected chi connectivity index (χ2v) is 7.23. The van der Waals surface area contributed by atoms with E-state index in [1.165, 1.54) is 0 Å². The molecule has 1 atom stereocenters. The Balaban J connectivity index is 2.25. The Morgan fingerprint density at radius 2 is 1.88 bits per heavy atom. The molecule has 0 saturated carbocycles. The van der Waals surface area contributed by atoms with Gasteiger partial charge in [-0.25, -0.2) is 0 Å². The Hall–Kier alpha value is -1.85. The molecule has 0 aliphatic rings. The second kappa shape index (κ2) is 10.2. The largest absolute Gasteiger partial charge is 0.456 e. The van der Waals surface area contributed by atoms with Gasteiger partial charge in [0.2, 0.25) is 0 Å². The molecule has 1 N–H and O–H groups in total. The second-order valence-electron chi connectivity index (χ2n) is 7.23. The molecule has 0 aliphatic carbocycles. The summed E-state index contributed by atoms with van der Waals surface area (Å²) in [6.07, 6.45) is 4.02. The minimum absolute atomic E-state index is 0.102. The minimum Gasteiger partial charge on any atom is -0.456 e. The van der Waals surface area contributed by atoms with Gasteiger partial charge in [-0.3, -0.25) is 14.3 Å². The maximum atomic E-state index is 11.9. The van der Waals surface area contributed by atoms with Crippen molar-refractivity contribution in [2.75, 3.05) is 6.61 Å². The molecule has 6 nitrogen and oxygen atoms in total. The lowest BCUT2D eigenvalue weighted by Crippen LogP contribution is -2.35. The van der Waals surface area contributed by atoms with Crippen LogP contribution in [0.25, 0.3) is 0 Å². The fourth-order valence-electron chi connectivity index (χ4n) is 2.85. The zero-order chi connectivity index (χ0) is 19.0. The first-order valence-corrected chi connectivity index (χ1v) is 9.14. The number of ether oxygens (including phenoxy) is 1. The van der Waals surface area contributed by atoms with Crippen molar-refractivity contribution in [1.82, 2.24) is 15.1 Å². The standard InChI is InChI=1S/C19H33N3O3/c1-13(2)8-7-9-14(3)20-18(23)12-25-19(24)11-10-17-15(4)21-22(6)16(17)5/h13-14H,7-12H2,1-6H3,(H,20,23). The molecule has 142 valence electrons. The van der Waals surface area contributed by atoms with Gasteiger partial charge in [-0.05, 0) is 45.1 Å². The number of nitrogens with one attached hydrogen (secondary N) is 1. The zero-order valence-electron chi connectivity index (χ0n) is 16.5. The molecule has 1 unspecified atom stereocenters. The van der Waals surface area contributed by atoms with Crippen LogP contribution in [0.4, 0.5) is 0 Å². The average Bonchev–Trinajstić information content (AvgIpc) is 2.75. The van der Waals surface area contributed by atoms with Gasteiger partial charge < -0.3 is 10.1 Å². The molecule has 0 spiro atoms. The van der Waals surface area contributed by atoms with Gasteiger partial charge >= 0.3 is 5.97 Å². The van der Waals surface area contributed by atoms with Gasteiger partial charge in [0.15, 0.2) is 6.61 Å². The zero-order valence-corrected chi connectivity index (χ0v) is 16.5. The molecular formula is C19H33N3O3. The van der Waals surface area contributed by atoms with E-state index in [-0.39, 0.29) is 30.9 Å². The quantitative estimate of drug-likeness (QED) is 0.658. The summed E-state index contributed by atoms with van der Waals surface area (Å²) >= 11 is 0. The van der Waals surface area contributed by atoms with Crippen molar-refractivity contribution in [3.8, 4) is 0 Å². The number of aromatic nitrogens is 2. The van der Waals surface area contributed by atoms with Crippen molar-refractivity contribution in [2.45, 2.75) is 72.8 Å². The van der Waals surface area contributed by atoms with Crippen LogP contribution in [0.1, 0.15) is 63.4 Å². The molecule has 0 bridgehead atoms. The molecule has 1 aromatic rings. The number of carbonyl (C=O) groups excluding carboxylic acids is 2. The first-order chi connectivity index (χ1) is 11.7. The van der Waals surface area contributed by atoms with E-state index in [9.17, 15) is 9.59 Å². The maximum absolute atomic E-state index is 11.9. The molecule has 1 amide bonds. The maximum Gasteiger partial charge on any atom is 0.306 e. The van der Waals surface area contributed by atoms with E-state index >= 15 is 0 Å². The van der Waals surface area contributed by atoms with Gasteiger partial charge in [-0.15, -0.1) is 0 Å². The molecule has 1 rings (SSSR count). The monoisotopic (exact) mass is 351 g/mol. The number of carbonyl (C=O) groups is 2. The number of amides is 1. The number of hydrogen-bond acceptors (Lipinski definition) is 4. The van der Waals surface area contributed by atoms with Crippen molar-refractivity contribution in [1.29, 1.82) is 0 Å². The summed E-state index contributed by atoms with van der Waals surface area (Å²) in [5.41, 5.74) is 3.06. The third-order valence-corrected chi connectivity index (χ3v) is 4.43. The lowest BCUT2D eigenvalue weighted by Gasteiger charge is -2.14. The Morgan fingerprint density at radius 1 is 1.20 bits per heavy atom. The molecule has 0 aliphatic heterocycles. The highest BCUT2D eigenvalue weighted by molar-refractivity contribution is 5.80. The van der Waals surface area contributed by atoms with Crippen molar-refractivity contribution in [3.05, 3.63) is 17.0 Å². The van der Waals surface area contributed by atoms with Crippen molar-refractivity contribution < 1.29 is 14.3 Å². The molecule has 0 saturated heterocycles. The molecule has 0 fully saturated rings. The van der Waals surface area contributed by atoms with Gasteiger partial charge in [0.05, 0.1) is 5.69 Å². The third kappa shape index (κ3) is 7.71. The number of rotatable bonds is 10. The fourth-order valence-corrected chi connectivity index (χ4v) is 2.85. The number of esters is 1. The minimum atomic E-state index is -0.356.